The van der Waals surface area contributed by atoms with Crippen molar-refractivity contribution in [2.45, 2.75) is 39.0 Å². The van der Waals surface area contributed by atoms with Gasteiger partial charge in [-0.3, -0.25) is 4.99 Å². The Hall–Kier alpha value is -2.70. The predicted octanol–water partition coefficient (Wildman–Crippen LogP) is 2.55. The van der Waals surface area contributed by atoms with Crippen LogP contribution in [0.4, 0.5) is 4.79 Å². The van der Waals surface area contributed by atoms with Crippen molar-refractivity contribution in [3.05, 3.63) is 36.0 Å². The Labute approximate surface area is 159 Å². The van der Waals surface area contributed by atoms with E-state index in [1.54, 1.807) is 4.90 Å². The van der Waals surface area contributed by atoms with Crippen LogP contribution in [0.3, 0.4) is 0 Å². The van der Waals surface area contributed by atoms with Gasteiger partial charge in [-0.25, -0.2) is 4.79 Å². The molecule has 0 spiro atoms. The molecule has 2 N–H and O–H groups in total. The van der Waals surface area contributed by atoms with E-state index in [4.69, 9.17) is 4.74 Å². The number of fused-ring (bicyclic) bond motifs is 2. The highest BCUT2D eigenvalue weighted by Crippen LogP contribution is 2.19. The van der Waals surface area contributed by atoms with Gasteiger partial charge in [0.05, 0.1) is 19.1 Å². The fraction of sp³-hybridized carbons (Fsp3) is 0.500. The van der Waals surface area contributed by atoms with E-state index in [1.807, 2.05) is 32.9 Å². The van der Waals surface area contributed by atoms with Gasteiger partial charge in [0.15, 0.2) is 5.96 Å². The lowest BCUT2D eigenvalue weighted by atomic mass is 10.2. The van der Waals surface area contributed by atoms with E-state index >= 15 is 0 Å². The minimum Gasteiger partial charge on any atom is -0.444 e. The fourth-order valence-corrected chi connectivity index (χ4v) is 3.63. The Balaban J connectivity index is 1.33. The number of hydrogen-bond acceptors (Lipinski definition) is 5. The predicted molar refractivity (Wildman–Crippen MR) is 106 cm³/mol. The summed E-state index contributed by atoms with van der Waals surface area (Å²) in [5, 5.41) is 4.66. The van der Waals surface area contributed by atoms with Gasteiger partial charge in [0.1, 0.15) is 5.60 Å². The van der Waals surface area contributed by atoms with Crippen molar-refractivity contribution in [3.63, 3.8) is 0 Å². The number of para-hydroxylation sites is 1. The van der Waals surface area contributed by atoms with E-state index in [1.165, 1.54) is 5.39 Å². The van der Waals surface area contributed by atoms with Gasteiger partial charge in [0.2, 0.25) is 0 Å². The molecule has 1 atom stereocenters. The molecular formula is C20H27N5O2. The van der Waals surface area contributed by atoms with Gasteiger partial charge in [-0.05, 0) is 38.3 Å². The number of nitrogens with one attached hydrogen (secondary N) is 2. The van der Waals surface area contributed by atoms with E-state index in [0.29, 0.717) is 26.2 Å². The molecule has 1 unspecified atom stereocenters. The summed E-state index contributed by atoms with van der Waals surface area (Å²) in [4.78, 5) is 24.5. The minimum absolute atomic E-state index is 0.219. The lowest BCUT2D eigenvalue weighted by molar-refractivity contribution is 0.0137. The van der Waals surface area contributed by atoms with E-state index in [9.17, 15) is 4.79 Å². The Bertz CT molecular complexity index is 834. The molecule has 0 saturated carbocycles. The average Bonchev–Trinajstić information content (AvgIpc) is 3.21. The maximum absolute atomic E-state index is 12.3. The van der Waals surface area contributed by atoms with Crippen molar-refractivity contribution < 1.29 is 9.53 Å². The van der Waals surface area contributed by atoms with Gasteiger partial charge >= 0.3 is 6.09 Å². The summed E-state index contributed by atoms with van der Waals surface area (Å²) >= 11 is 0. The number of aromatic amines is 1. The first kappa shape index (κ1) is 17.7. The van der Waals surface area contributed by atoms with Crippen LogP contribution in [0.25, 0.3) is 10.9 Å². The molecule has 2 aliphatic heterocycles. The highest BCUT2D eigenvalue weighted by molar-refractivity contribution is 5.83. The Morgan fingerprint density at radius 1 is 1.33 bits per heavy atom. The normalized spacial score (nSPS) is 19.8. The molecule has 3 heterocycles. The van der Waals surface area contributed by atoms with Gasteiger partial charge in [-0.15, -0.1) is 0 Å². The van der Waals surface area contributed by atoms with Crippen molar-refractivity contribution in [2.75, 3.05) is 26.2 Å². The standard InChI is InChI=1S/C20H27N5O2/c1-20(2,3)27-19(26)24-8-9-25-16(13-24)12-22-18(25)21-11-15-10-14-6-4-5-7-17(14)23-15/h4-7,10,16,23H,8-9,11-13H2,1-3H3,(H,21,22). The van der Waals surface area contributed by atoms with E-state index < -0.39 is 5.60 Å². The smallest absolute Gasteiger partial charge is 0.410 e. The number of aromatic nitrogens is 1. The molecule has 2 aromatic rings. The van der Waals surface area contributed by atoms with E-state index in [-0.39, 0.29) is 12.1 Å². The Kier molecular flexibility index (Phi) is 4.45. The lowest BCUT2D eigenvalue weighted by Crippen LogP contribution is -2.57. The van der Waals surface area contributed by atoms with Crippen LogP contribution in [-0.2, 0) is 11.3 Å². The second-order valence-corrected chi connectivity index (χ2v) is 8.17. The second kappa shape index (κ2) is 6.79. The molecule has 4 rings (SSSR count). The number of amides is 1. The number of carbonyl (C=O) groups excluding carboxylic acids is 1. The first-order valence-electron chi connectivity index (χ1n) is 9.48. The third-order valence-corrected chi connectivity index (χ3v) is 4.88. The van der Waals surface area contributed by atoms with Crippen molar-refractivity contribution in [1.29, 1.82) is 0 Å². The molecule has 1 aromatic carbocycles. The Morgan fingerprint density at radius 2 is 2.15 bits per heavy atom. The zero-order chi connectivity index (χ0) is 19.0. The average molecular weight is 369 g/mol. The number of guanidine groups is 1. The molecule has 2 aliphatic rings. The van der Waals surface area contributed by atoms with Gasteiger partial charge in [0.25, 0.3) is 0 Å². The van der Waals surface area contributed by atoms with Crippen LogP contribution in [0, 0.1) is 0 Å². The summed E-state index contributed by atoms with van der Waals surface area (Å²) in [6.07, 6.45) is -0.235. The number of piperazine rings is 1. The molecule has 0 aliphatic carbocycles. The number of ether oxygens (including phenoxy) is 1. The number of nitrogens with zero attached hydrogens (tertiary/aromatic N) is 3. The summed E-state index contributed by atoms with van der Waals surface area (Å²) in [6, 6.07) is 10.6. The summed E-state index contributed by atoms with van der Waals surface area (Å²) in [7, 11) is 0. The molecule has 1 fully saturated rings. The van der Waals surface area contributed by atoms with Gasteiger partial charge in [-0.2, -0.15) is 0 Å². The van der Waals surface area contributed by atoms with Gasteiger partial charge in [-0.1, -0.05) is 18.2 Å². The van der Waals surface area contributed by atoms with Crippen molar-refractivity contribution in [1.82, 2.24) is 20.1 Å². The molecule has 1 saturated heterocycles. The monoisotopic (exact) mass is 369 g/mol. The number of aliphatic imine (C=N–C) groups is 1. The van der Waals surface area contributed by atoms with Gasteiger partial charge in [0, 0.05) is 30.8 Å². The highest BCUT2D eigenvalue weighted by Gasteiger charge is 2.36. The second-order valence-electron chi connectivity index (χ2n) is 8.17. The molecule has 0 radical (unpaired) electrons. The van der Waals surface area contributed by atoms with Crippen molar-refractivity contribution in [3.8, 4) is 0 Å². The van der Waals surface area contributed by atoms with Crippen LogP contribution in [0.2, 0.25) is 0 Å². The van der Waals surface area contributed by atoms with E-state index in [0.717, 1.165) is 23.7 Å². The first-order valence-corrected chi connectivity index (χ1v) is 9.48. The zero-order valence-electron chi connectivity index (χ0n) is 16.2. The molecular weight excluding hydrogens is 342 g/mol. The minimum atomic E-state index is -0.466. The Morgan fingerprint density at radius 3 is 2.93 bits per heavy atom. The summed E-state index contributed by atoms with van der Waals surface area (Å²) in [5.74, 6) is 0.919. The summed E-state index contributed by atoms with van der Waals surface area (Å²) in [6.45, 7) is 9.15. The summed E-state index contributed by atoms with van der Waals surface area (Å²) in [5.41, 5.74) is 1.81. The van der Waals surface area contributed by atoms with Crippen LogP contribution in [0.5, 0.6) is 0 Å². The molecule has 1 aromatic heterocycles. The number of rotatable bonds is 2. The van der Waals surface area contributed by atoms with Crippen molar-refractivity contribution in [2.24, 2.45) is 4.99 Å². The third kappa shape index (κ3) is 3.86. The van der Waals surface area contributed by atoms with Crippen LogP contribution >= 0.6 is 0 Å². The fourth-order valence-electron chi connectivity index (χ4n) is 3.63. The maximum Gasteiger partial charge on any atom is 0.410 e. The quantitative estimate of drug-likeness (QED) is 0.853. The largest absolute Gasteiger partial charge is 0.444 e. The topological polar surface area (TPSA) is 73.0 Å². The first-order chi connectivity index (χ1) is 12.9. The molecule has 7 heteroatoms. The van der Waals surface area contributed by atoms with Gasteiger partial charge < -0.3 is 24.8 Å². The number of carbonyl (C=O) groups is 1. The molecule has 7 nitrogen and oxygen atoms in total. The van der Waals surface area contributed by atoms with E-state index in [2.05, 4.69) is 38.4 Å². The highest BCUT2D eigenvalue weighted by atomic mass is 16.6. The molecule has 27 heavy (non-hydrogen) atoms. The maximum atomic E-state index is 12.3. The van der Waals surface area contributed by atoms with Crippen molar-refractivity contribution >= 4 is 23.0 Å². The van der Waals surface area contributed by atoms with Crippen LogP contribution in [0.1, 0.15) is 26.5 Å². The van der Waals surface area contributed by atoms with Crippen LogP contribution in [-0.4, -0.2) is 64.7 Å². The SMILES string of the molecule is CC(C)(C)OC(=O)N1CCN2C(NCc3cc4ccccc4[nH]3)=NCC2C1. The van der Waals surface area contributed by atoms with Crippen LogP contribution < -0.4 is 5.32 Å². The summed E-state index contributed by atoms with van der Waals surface area (Å²) < 4.78 is 5.50. The number of hydrogen-bond donors (Lipinski definition) is 2. The lowest BCUT2D eigenvalue weighted by Gasteiger charge is -2.39. The molecule has 1 amide bonds. The van der Waals surface area contributed by atoms with Crippen LogP contribution in [0.15, 0.2) is 35.3 Å². The molecule has 0 bridgehead atoms. The number of H-pyrrole nitrogens is 1. The molecule has 144 valence electrons. The number of benzene rings is 1. The zero-order valence-corrected chi connectivity index (χ0v) is 16.2. The third-order valence-electron chi connectivity index (χ3n) is 4.88.